The van der Waals surface area contributed by atoms with Gasteiger partial charge in [0.05, 0.1) is 0 Å². The molecule has 0 aromatic heterocycles. The van der Waals surface area contributed by atoms with Gasteiger partial charge in [0.15, 0.2) is 6.61 Å². The van der Waals surface area contributed by atoms with E-state index in [1.54, 1.807) is 30.3 Å². The van der Waals surface area contributed by atoms with E-state index in [1.807, 2.05) is 0 Å². The maximum absolute atomic E-state index is 12.9. The number of carbonyl (C=O) groups excluding carboxylic acids is 3. The molecule has 3 rings (SSSR count). The lowest BCUT2D eigenvalue weighted by Crippen LogP contribution is -2.81. The number of methoxy groups -OCH3 is 1. The number of carbonyl (C=O) groups is 4. The van der Waals surface area contributed by atoms with Crippen LogP contribution in [-0.2, 0) is 28.7 Å². The number of rotatable bonds is 8. The average molecular weight is 436 g/mol. The number of aliphatic carboxylic acids is 1. The van der Waals surface area contributed by atoms with Gasteiger partial charge >= 0.3 is 11.9 Å². The number of carboxylic acids is 1. The summed E-state index contributed by atoms with van der Waals surface area (Å²) in [5.74, 6) is -2.55. The normalized spacial score (nSPS) is 22.7. The van der Waals surface area contributed by atoms with Gasteiger partial charge in [-0.15, -0.1) is 11.8 Å². The van der Waals surface area contributed by atoms with Gasteiger partial charge in [-0.05, 0) is 12.1 Å². The molecule has 1 fully saturated rings. The lowest BCUT2D eigenvalue weighted by atomic mass is 9.98. The second-order valence-electron chi connectivity index (χ2n) is 6.47. The highest BCUT2D eigenvalue weighted by atomic mass is 32.2. The van der Waals surface area contributed by atoms with Gasteiger partial charge in [-0.2, -0.15) is 0 Å². The summed E-state index contributed by atoms with van der Waals surface area (Å²) in [6.07, 6.45) is 0. The minimum absolute atomic E-state index is 0.185. The number of hydrogen-bond acceptors (Lipinski definition) is 8. The van der Waals surface area contributed by atoms with Gasteiger partial charge in [-0.3, -0.25) is 19.3 Å². The standard InChI is InChI=1S/C19H20N2O8S/c1-11(22)28-8-12-10-30-18-19(27-2,17(26)21(18)15(12)16(24)25)20-14(23)9-29-13-6-4-3-5-7-13/h3-7,18H,8-10H2,1-2H3,(H,20,23)(H,24,25)/t18-,19?/m0/s1. The molecule has 0 spiro atoms. The smallest absolute Gasteiger partial charge is 0.352 e. The molecule has 160 valence electrons. The monoisotopic (exact) mass is 436 g/mol. The molecule has 0 bridgehead atoms. The highest BCUT2D eigenvalue weighted by Crippen LogP contribution is 2.46. The SMILES string of the molecule is COC1(NC(=O)COc2ccccc2)C(=O)N2C(C(=O)O)=C(COC(C)=O)CS[C@H]21. The lowest BCUT2D eigenvalue weighted by molar-refractivity contribution is -0.193. The van der Waals surface area contributed by atoms with Crippen molar-refractivity contribution in [2.45, 2.75) is 18.0 Å². The van der Waals surface area contributed by atoms with E-state index in [4.69, 9.17) is 14.2 Å². The minimum atomic E-state index is -1.71. The van der Waals surface area contributed by atoms with Crippen molar-refractivity contribution in [3.8, 4) is 5.75 Å². The Morgan fingerprint density at radius 1 is 1.30 bits per heavy atom. The summed E-state index contributed by atoms with van der Waals surface area (Å²) in [4.78, 5) is 49.1. The molecule has 1 aromatic carbocycles. The summed E-state index contributed by atoms with van der Waals surface area (Å²) < 4.78 is 15.6. The van der Waals surface area contributed by atoms with E-state index in [0.717, 1.165) is 4.90 Å². The number of carboxylic acid groups (broad SMARTS) is 1. The molecule has 30 heavy (non-hydrogen) atoms. The third-order valence-electron chi connectivity index (χ3n) is 4.52. The van der Waals surface area contributed by atoms with Crippen LogP contribution in [0.1, 0.15) is 6.92 Å². The third kappa shape index (κ3) is 3.98. The number of nitrogens with zero attached hydrogens (tertiary/aromatic N) is 1. The molecule has 2 atom stereocenters. The second kappa shape index (κ2) is 8.76. The number of amides is 2. The molecular weight excluding hydrogens is 416 g/mol. The minimum Gasteiger partial charge on any atom is -0.484 e. The van der Waals surface area contributed by atoms with Gasteiger partial charge in [0.2, 0.25) is 0 Å². The Bertz CT molecular complexity index is 903. The fourth-order valence-electron chi connectivity index (χ4n) is 3.15. The maximum Gasteiger partial charge on any atom is 0.352 e. The van der Waals surface area contributed by atoms with E-state index in [1.165, 1.54) is 25.8 Å². The molecule has 0 saturated carbocycles. The Kier molecular flexibility index (Phi) is 6.32. The van der Waals surface area contributed by atoms with Gasteiger partial charge in [0.25, 0.3) is 17.5 Å². The number of para-hydroxylation sites is 1. The first-order valence-electron chi connectivity index (χ1n) is 8.88. The van der Waals surface area contributed by atoms with Crippen LogP contribution in [-0.4, -0.2) is 70.9 Å². The molecule has 0 aliphatic carbocycles. The van der Waals surface area contributed by atoms with Crippen LogP contribution >= 0.6 is 11.8 Å². The number of esters is 1. The van der Waals surface area contributed by atoms with Crippen LogP contribution in [0, 0.1) is 0 Å². The molecule has 2 N–H and O–H groups in total. The van der Waals surface area contributed by atoms with Gasteiger partial charge in [-0.1, -0.05) is 18.2 Å². The molecule has 1 aromatic rings. The van der Waals surface area contributed by atoms with Crippen LogP contribution < -0.4 is 10.1 Å². The molecular formula is C19H20N2O8S. The largest absolute Gasteiger partial charge is 0.484 e. The third-order valence-corrected chi connectivity index (χ3v) is 5.90. The first-order chi connectivity index (χ1) is 14.3. The van der Waals surface area contributed by atoms with Crippen molar-refractivity contribution in [3.63, 3.8) is 0 Å². The Balaban J connectivity index is 1.74. The van der Waals surface area contributed by atoms with E-state index >= 15 is 0 Å². The number of benzene rings is 1. The van der Waals surface area contributed by atoms with E-state index in [0.29, 0.717) is 5.75 Å². The number of thioether (sulfide) groups is 1. The first-order valence-corrected chi connectivity index (χ1v) is 9.93. The summed E-state index contributed by atoms with van der Waals surface area (Å²) >= 11 is 1.20. The molecule has 2 aliphatic rings. The Morgan fingerprint density at radius 3 is 2.60 bits per heavy atom. The molecule has 2 aliphatic heterocycles. The van der Waals surface area contributed by atoms with Crippen LogP contribution in [0.4, 0.5) is 0 Å². The number of nitrogens with one attached hydrogen (secondary N) is 1. The average Bonchev–Trinajstić information content (AvgIpc) is 2.74. The number of fused-ring (bicyclic) bond motifs is 1. The predicted molar refractivity (Wildman–Crippen MR) is 104 cm³/mol. The molecule has 1 unspecified atom stereocenters. The predicted octanol–water partition coefficient (Wildman–Crippen LogP) is 0.341. The van der Waals surface area contributed by atoms with Crippen molar-refractivity contribution >= 4 is 35.5 Å². The molecule has 1 saturated heterocycles. The van der Waals surface area contributed by atoms with Crippen LogP contribution in [0.2, 0.25) is 0 Å². The molecule has 2 heterocycles. The van der Waals surface area contributed by atoms with Crippen LogP contribution in [0.5, 0.6) is 5.75 Å². The van der Waals surface area contributed by atoms with Gasteiger partial charge in [-0.25, -0.2) is 4.79 Å². The van der Waals surface area contributed by atoms with Crippen LogP contribution in [0.15, 0.2) is 41.6 Å². The fourth-order valence-corrected chi connectivity index (χ4v) is 4.57. The van der Waals surface area contributed by atoms with Crippen molar-refractivity contribution in [1.29, 1.82) is 0 Å². The van der Waals surface area contributed by atoms with Crippen molar-refractivity contribution in [2.75, 3.05) is 26.1 Å². The highest BCUT2D eigenvalue weighted by Gasteiger charge is 2.66. The van der Waals surface area contributed by atoms with Crippen LogP contribution in [0.25, 0.3) is 0 Å². The van der Waals surface area contributed by atoms with Crippen molar-refractivity contribution in [2.24, 2.45) is 0 Å². The van der Waals surface area contributed by atoms with E-state index in [9.17, 15) is 24.3 Å². The summed E-state index contributed by atoms with van der Waals surface area (Å²) in [5, 5.41) is 11.3. The van der Waals surface area contributed by atoms with Crippen molar-refractivity contribution in [1.82, 2.24) is 10.2 Å². The Hall–Kier alpha value is -3.05. The number of ether oxygens (including phenoxy) is 3. The zero-order chi connectivity index (χ0) is 21.9. The molecule has 11 heteroatoms. The van der Waals surface area contributed by atoms with E-state index in [-0.39, 0.29) is 30.2 Å². The zero-order valence-electron chi connectivity index (χ0n) is 16.2. The lowest BCUT2D eigenvalue weighted by Gasteiger charge is -2.55. The topological polar surface area (TPSA) is 131 Å². The first kappa shape index (κ1) is 21.7. The second-order valence-corrected chi connectivity index (χ2v) is 7.53. The summed E-state index contributed by atoms with van der Waals surface area (Å²) in [6, 6.07) is 8.67. The number of β-lactam (4-membered cyclic amide) rings is 1. The van der Waals surface area contributed by atoms with Crippen LogP contribution in [0.3, 0.4) is 0 Å². The summed E-state index contributed by atoms with van der Waals surface area (Å²) in [6.45, 7) is 0.619. The molecule has 10 nitrogen and oxygen atoms in total. The zero-order valence-corrected chi connectivity index (χ0v) is 17.1. The maximum atomic E-state index is 12.9. The molecule has 0 radical (unpaired) electrons. The number of hydrogen-bond donors (Lipinski definition) is 2. The highest BCUT2D eigenvalue weighted by molar-refractivity contribution is 8.00. The summed E-state index contributed by atoms with van der Waals surface area (Å²) in [5.41, 5.74) is -1.70. The van der Waals surface area contributed by atoms with Gasteiger partial charge < -0.3 is 24.6 Å². The Labute approximate surface area is 176 Å². The van der Waals surface area contributed by atoms with Crippen molar-refractivity contribution in [3.05, 3.63) is 41.6 Å². The van der Waals surface area contributed by atoms with Gasteiger partial charge in [0.1, 0.15) is 23.4 Å². The van der Waals surface area contributed by atoms with Crippen molar-refractivity contribution < 1.29 is 38.5 Å². The van der Waals surface area contributed by atoms with E-state index < -0.39 is 34.9 Å². The Morgan fingerprint density at radius 2 is 2.00 bits per heavy atom. The fraction of sp³-hybridized carbons (Fsp3) is 0.368. The summed E-state index contributed by atoms with van der Waals surface area (Å²) in [7, 11) is 1.26. The molecule has 2 amide bonds. The van der Waals surface area contributed by atoms with Gasteiger partial charge in [0, 0.05) is 25.4 Å². The van der Waals surface area contributed by atoms with E-state index in [2.05, 4.69) is 5.32 Å². The quantitative estimate of drug-likeness (QED) is 0.336.